The molecule has 11 aromatic rings. The van der Waals surface area contributed by atoms with Crippen molar-refractivity contribution in [3.63, 3.8) is 0 Å². The number of benzene rings is 10. The highest BCUT2D eigenvalue weighted by molar-refractivity contribution is 7.00. The van der Waals surface area contributed by atoms with E-state index < -0.39 is 0 Å². The zero-order chi connectivity index (χ0) is 46.1. The van der Waals surface area contributed by atoms with Crippen LogP contribution >= 0.6 is 0 Å². The molecule has 0 atom stereocenters. The van der Waals surface area contributed by atoms with Crippen LogP contribution in [0, 0.1) is 0 Å². The molecule has 4 heteroatoms. The first kappa shape index (κ1) is 40.5. The Kier molecular flexibility index (Phi) is 8.83. The van der Waals surface area contributed by atoms with Crippen LogP contribution in [0.25, 0.3) is 60.2 Å². The van der Waals surface area contributed by atoms with E-state index in [0.717, 1.165) is 17.1 Å². The molecule has 0 amide bonds. The zero-order valence-corrected chi connectivity index (χ0v) is 39.5. The van der Waals surface area contributed by atoms with Crippen molar-refractivity contribution in [2.24, 2.45) is 0 Å². The largest absolute Gasteiger partial charge is 0.311 e. The molecule has 326 valence electrons. The van der Waals surface area contributed by atoms with Gasteiger partial charge in [0.1, 0.15) is 0 Å². The molecular formula is C64H52BN3. The maximum absolute atomic E-state index is 2.57. The molecule has 3 heterocycles. The van der Waals surface area contributed by atoms with Gasteiger partial charge in [-0.2, -0.15) is 0 Å². The second kappa shape index (κ2) is 14.8. The minimum absolute atomic E-state index is 0.0217. The number of para-hydroxylation sites is 2. The SMILES string of the molecule is CC(C)(C)c1ccc(N2c3cc4ccccc4cc3B3c4cc5ccccc5cc4N(c4ccc(C(C)(C)C)cc4)c4cc(-c5ccc6c7ccccc7n(-c7ccccc7)c6c5)cc2c43)cc1. The Morgan fingerprint density at radius 1 is 0.338 bits per heavy atom. The van der Waals surface area contributed by atoms with Crippen molar-refractivity contribution in [3.05, 3.63) is 217 Å². The van der Waals surface area contributed by atoms with E-state index in [1.165, 1.54) is 105 Å². The Bertz CT molecular complexity index is 3640. The Hall–Kier alpha value is -7.82. The first-order valence-electron chi connectivity index (χ1n) is 24.1. The average molecular weight is 874 g/mol. The molecule has 0 bridgehead atoms. The monoisotopic (exact) mass is 873 g/mol. The van der Waals surface area contributed by atoms with Crippen LogP contribution in [0.2, 0.25) is 0 Å². The lowest BCUT2D eigenvalue weighted by Gasteiger charge is -2.45. The van der Waals surface area contributed by atoms with E-state index in [2.05, 4.69) is 262 Å². The van der Waals surface area contributed by atoms with Gasteiger partial charge in [-0.25, -0.2) is 0 Å². The summed E-state index contributed by atoms with van der Waals surface area (Å²) in [6, 6.07) is 78.0. The van der Waals surface area contributed by atoms with Gasteiger partial charge in [-0.3, -0.25) is 0 Å². The maximum Gasteiger partial charge on any atom is 0.252 e. The highest BCUT2D eigenvalue weighted by Gasteiger charge is 2.44. The van der Waals surface area contributed by atoms with E-state index in [1.54, 1.807) is 0 Å². The second-order valence-electron chi connectivity index (χ2n) is 21.1. The summed E-state index contributed by atoms with van der Waals surface area (Å²) in [4.78, 5) is 5.14. The van der Waals surface area contributed by atoms with Crippen molar-refractivity contribution in [2.75, 3.05) is 9.80 Å². The lowest BCUT2D eigenvalue weighted by atomic mass is 9.33. The highest BCUT2D eigenvalue weighted by atomic mass is 15.2. The van der Waals surface area contributed by atoms with Crippen molar-refractivity contribution in [3.8, 4) is 16.8 Å². The Labute approximate surface area is 399 Å². The zero-order valence-electron chi connectivity index (χ0n) is 39.5. The van der Waals surface area contributed by atoms with Gasteiger partial charge in [0, 0.05) is 50.6 Å². The van der Waals surface area contributed by atoms with Gasteiger partial charge in [0.15, 0.2) is 0 Å². The van der Waals surface area contributed by atoms with Crippen molar-refractivity contribution >= 4 is 101 Å². The van der Waals surface area contributed by atoms with Gasteiger partial charge in [-0.1, -0.05) is 175 Å². The van der Waals surface area contributed by atoms with Gasteiger partial charge in [-0.05, 0) is 144 Å². The Morgan fingerprint density at radius 3 is 1.31 bits per heavy atom. The van der Waals surface area contributed by atoms with Crippen LogP contribution in [0.15, 0.2) is 206 Å². The third-order valence-corrected chi connectivity index (χ3v) is 14.8. The average Bonchev–Trinajstić information content (AvgIpc) is 3.68. The summed E-state index contributed by atoms with van der Waals surface area (Å²) >= 11 is 0. The first-order chi connectivity index (χ1) is 33.0. The van der Waals surface area contributed by atoms with Crippen molar-refractivity contribution in [2.45, 2.75) is 52.4 Å². The fraction of sp³-hybridized carbons (Fsp3) is 0.125. The minimum atomic E-state index is -0.0217. The quantitative estimate of drug-likeness (QED) is 0.163. The van der Waals surface area contributed by atoms with Crippen molar-refractivity contribution < 1.29 is 0 Å². The summed E-state index contributed by atoms with van der Waals surface area (Å²) < 4.78 is 2.43. The van der Waals surface area contributed by atoms with E-state index in [1.807, 2.05) is 0 Å². The van der Waals surface area contributed by atoms with Crippen LogP contribution in [-0.4, -0.2) is 11.3 Å². The summed E-state index contributed by atoms with van der Waals surface area (Å²) in [6.07, 6.45) is 0. The van der Waals surface area contributed by atoms with E-state index >= 15 is 0 Å². The molecule has 0 radical (unpaired) electrons. The molecule has 0 saturated heterocycles. The summed E-state index contributed by atoms with van der Waals surface area (Å²) in [5, 5.41) is 7.47. The van der Waals surface area contributed by atoms with Crippen LogP contribution in [0.1, 0.15) is 52.7 Å². The molecule has 0 fully saturated rings. The maximum atomic E-state index is 2.57. The summed E-state index contributed by atoms with van der Waals surface area (Å²) in [7, 11) is 0. The van der Waals surface area contributed by atoms with Crippen LogP contribution in [0.3, 0.4) is 0 Å². The predicted octanol–water partition coefficient (Wildman–Crippen LogP) is 15.4. The molecule has 0 saturated carbocycles. The molecule has 0 N–H and O–H groups in total. The van der Waals surface area contributed by atoms with E-state index in [9.17, 15) is 0 Å². The predicted molar refractivity (Wildman–Crippen MR) is 293 cm³/mol. The third-order valence-electron chi connectivity index (χ3n) is 14.8. The van der Waals surface area contributed by atoms with E-state index in [0.29, 0.717) is 0 Å². The van der Waals surface area contributed by atoms with Crippen LogP contribution < -0.4 is 26.2 Å². The smallest absolute Gasteiger partial charge is 0.252 e. The van der Waals surface area contributed by atoms with Crippen LogP contribution in [0.5, 0.6) is 0 Å². The number of hydrogen-bond donors (Lipinski definition) is 0. The van der Waals surface area contributed by atoms with Gasteiger partial charge < -0.3 is 14.4 Å². The second-order valence-corrected chi connectivity index (χ2v) is 21.1. The molecule has 13 rings (SSSR count). The van der Waals surface area contributed by atoms with E-state index in [-0.39, 0.29) is 17.5 Å². The topological polar surface area (TPSA) is 11.4 Å². The van der Waals surface area contributed by atoms with Gasteiger partial charge in [-0.15, -0.1) is 0 Å². The molecule has 1 aromatic heterocycles. The fourth-order valence-corrected chi connectivity index (χ4v) is 11.3. The van der Waals surface area contributed by atoms with Crippen molar-refractivity contribution in [1.29, 1.82) is 0 Å². The number of fused-ring (bicyclic) bond motifs is 9. The number of rotatable bonds is 4. The standard InChI is InChI=1S/C64H52BN3/c1-63(2,3)47-25-29-50(30-26-47)67-58-37-43-18-12-10-16-41(43)34-54(58)65-55-35-42-17-11-13-19-44(42)38-59(55)68(51-31-27-48(28-32-51)64(4,5)6)61-40-46(39-60(67)62(61)65)45-24-33-53-52-22-14-15-23-56(52)66(57(53)36-45)49-20-8-7-9-21-49/h7-40H,1-6H3. The molecule has 2 aliphatic heterocycles. The Balaban J connectivity index is 1.15. The Morgan fingerprint density at radius 2 is 0.794 bits per heavy atom. The number of nitrogens with zero attached hydrogens (tertiary/aromatic N) is 3. The van der Waals surface area contributed by atoms with E-state index in [4.69, 9.17) is 0 Å². The van der Waals surface area contributed by atoms with Gasteiger partial charge in [0.2, 0.25) is 0 Å². The molecule has 0 unspecified atom stereocenters. The molecule has 3 nitrogen and oxygen atoms in total. The number of hydrogen-bond acceptors (Lipinski definition) is 2. The molecule has 0 spiro atoms. The molecule has 0 aliphatic carbocycles. The van der Waals surface area contributed by atoms with Gasteiger partial charge in [0.25, 0.3) is 6.71 Å². The minimum Gasteiger partial charge on any atom is -0.311 e. The number of aromatic nitrogens is 1. The molecule has 2 aliphatic rings. The normalized spacial score (nSPS) is 13.4. The summed E-state index contributed by atoms with van der Waals surface area (Å²) in [5.41, 5.74) is 19.7. The lowest BCUT2D eigenvalue weighted by Crippen LogP contribution is -2.61. The number of anilines is 6. The third kappa shape index (κ3) is 6.27. The highest BCUT2D eigenvalue weighted by Crippen LogP contribution is 2.48. The molecule has 10 aromatic carbocycles. The summed E-state index contributed by atoms with van der Waals surface area (Å²) in [6.45, 7) is 13.8. The van der Waals surface area contributed by atoms with Crippen LogP contribution in [-0.2, 0) is 10.8 Å². The van der Waals surface area contributed by atoms with Gasteiger partial charge in [0.05, 0.1) is 11.0 Å². The van der Waals surface area contributed by atoms with Crippen LogP contribution in [0.4, 0.5) is 34.1 Å². The lowest BCUT2D eigenvalue weighted by molar-refractivity contribution is 0.590. The van der Waals surface area contributed by atoms with Gasteiger partial charge >= 0.3 is 0 Å². The van der Waals surface area contributed by atoms with Crippen molar-refractivity contribution in [1.82, 2.24) is 4.57 Å². The summed E-state index contributed by atoms with van der Waals surface area (Å²) in [5.74, 6) is 0. The fourth-order valence-electron chi connectivity index (χ4n) is 11.3. The molecule has 68 heavy (non-hydrogen) atoms. The molecular weight excluding hydrogens is 822 g/mol. The first-order valence-corrected chi connectivity index (χ1v) is 24.1.